The van der Waals surface area contributed by atoms with Crippen molar-refractivity contribution < 1.29 is 22.8 Å². The van der Waals surface area contributed by atoms with Crippen LogP contribution in [-0.4, -0.2) is 11.8 Å². The number of halogens is 3. The van der Waals surface area contributed by atoms with Crippen molar-refractivity contribution in [2.24, 2.45) is 23.7 Å². The third-order valence-corrected chi connectivity index (χ3v) is 5.33. The molecule has 4 atom stereocenters. The van der Waals surface area contributed by atoms with Crippen molar-refractivity contribution in [3.8, 4) is 0 Å². The molecule has 3 nitrogen and oxygen atoms in total. The number of rotatable bonds is 1. The van der Waals surface area contributed by atoms with Crippen molar-refractivity contribution in [2.45, 2.75) is 19.5 Å². The van der Waals surface area contributed by atoms with E-state index >= 15 is 0 Å². The van der Waals surface area contributed by atoms with Crippen molar-refractivity contribution in [3.63, 3.8) is 0 Å². The number of hydrogen-bond donors (Lipinski definition) is 0. The van der Waals surface area contributed by atoms with Gasteiger partial charge >= 0.3 is 6.18 Å². The molecule has 0 radical (unpaired) electrons. The number of benzene rings is 1. The van der Waals surface area contributed by atoms with Gasteiger partial charge in [-0.05, 0) is 49.4 Å². The number of fused-ring (bicyclic) bond motifs is 5. The Bertz CT molecular complexity index is 735. The van der Waals surface area contributed by atoms with Gasteiger partial charge in [-0.25, -0.2) is 0 Å². The quantitative estimate of drug-likeness (QED) is 0.587. The Morgan fingerprint density at radius 3 is 2.26 bits per heavy atom. The average Bonchev–Trinajstić information content (AvgIpc) is 3.10. The van der Waals surface area contributed by atoms with Gasteiger partial charge in [-0.3, -0.25) is 14.5 Å². The number of amides is 2. The van der Waals surface area contributed by atoms with E-state index in [9.17, 15) is 22.8 Å². The molecule has 4 rings (SSSR count). The highest BCUT2D eigenvalue weighted by Gasteiger charge is 2.60. The first kappa shape index (κ1) is 14.5. The van der Waals surface area contributed by atoms with Gasteiger partial charge in [0.15, 0.2) is 0 Å². The van der Waals surface area contributed by atoms with Crippen LogP contribution in [0.25, 0.3) is 0 Å². The summed E-state index contributed by atoms with van der Waals surface area (Å²) in [5.41, 5.74) is 0.573. The maximum absolute atomic E-state index is 12.7. The molecule has 120 valence electrons. The van der Waals surface area contributed by atoms with Gasteiger partial charge in [0.05, 0.1) is 23.1 Å². The summed E-state index contributed by atoms with van der Waals surface area (Å²) in [5.74, 6) is -1.07. The molecule has 1 heterocycles. The van der Waals surface area contributed by atoms with Crippen molar-refractivity contribution >= 4 is 17.5 Å². The third-order valence-electron chi connectivity index (χ3n) is 5.33. The minimum absolute atomic E-state index is 0.0842. The zero-order valence-corrected chi connectivity index (χ0v) is 12.3. The van der Waals surface area contributed by atoms with Crippen molar-refractivity contribution in [2.75, 3.05) is 4.90 Å². The molecule has 0 aromatic heterocycles. The molecule has 6 heteroatoms. The molecular weight excluding hydrogens is 307 g/mol. The number of carbonyl (C=O) groups excluding carboxylic acids is 2. The molecule has 0 N–H and O–H groups in total. The highest BCUT2D eigenvalue weighted by molar-refractivity contribution is 6.22. The summed E-state index contributed by atoms with van der Waals surface area (Å²) < 4.78 is 37.9. The molecule has 3 aliphatic rings. The monoisotopic (exact) mass is 321 g/mol. The Labute approximate surface area is 130 Å². The number of imide groups is 1. The number of nitrogens with zero attached hydrogens (tertiary/aromatic N) is 1. The molecule has 0 unspecified atom stereocenters. The lowest BCUT2D eigenvalue weighted by atomic mass is 9.82. The second-order valence-corrected chi connectivity index (χ2v) is 6.52. The molecule has 1 saturated heterocycles. The second kappa shape index (κ2) is 4.46. The topological polar surface area (TPSA) is 37.4 Å². The lowest BCUT2D eigenvalue weighted by molar-refractivity contribution is -0.137. The Hall–Kier alpha value is -2.11. The molecular formula is C17H14F3NO2. The van der Waals surface area contributed by atoms with Crippen LogP contribution in [0.2, 0.25) is 0 Å². The predicted molar refractivity (Wildman–Crippen MR) is 76.3 cm³/mol. The van der Waals surface area contributed by atoms with Gasteiger partial charge in [-0.1, -0.05) is 11.6 Å². The number of alkyl halides is 3. The van der Waals surface area contributed by atoms with E-state index in [1.54, 1.807) is 0 Å². The van der Waals surface area contributed by atoms with Crippen LogP contribution >= 0.6 is 0 Å². The molecule has 2 amide bonds. The summed E-state index contributed by atoms with van der Waals surface area (Å²) in [4.78, 5) is 26.4. The van der Waals surface area contributed by atoms with Crippen LogP contribution in [0.5, 0.6) is 0 Å². The average molecular weight is 321 g/mol. The van der Waals surface area contributed by atoms with E-state index in [1.807, 2.05) is 6.92 Å². The standard InChI is InChI=1S/C17H14F3NO2/c1-8-6-9-7-12(8)14-13(9)15(22)21(16(14)23)11-4-2-10(3-5-11)17(18,19)20/h2-6,9,12-14H,7H2,1H3/t9-,12+,13-,14-/m1/s1. The van der Waals surface area contributed by atoms with Crippen LogP contribution in [0.3, 0.4) is 0 Å². The molecule has 2 aliphatic carbocycles. The van der Waals surface area contributed by atoms with Crippen LogP contribution in [-0.2, 0) is 15.8 Å². The van der Waals surface area contributed by atoms with Gasteiger partial charge in [-0.2, -0.15) is 13.2 Å². The smallest absolute Gasteiger partial charge is 0.274 e. The zero-order valence-electron chi connectivity index (χ0n) is 12.3. The number of anilines is 1. The first-order chi connectivity index (χ1) is 10.8. The fraction of sp³-hybridized carbons (Fsp3) is 0.412. The molecule has 2 bridgehead atoms. The normalized spacial score (nSPS) is 32.5. The van der Waals surface area contributed by atoms with Gasteiger partial charge in [0.2, 0.25) is 11.8 Å². The lowest BCUT2D eigenvalue weighted by Crippen LogP contribution is -2.33. The Morgan fingerprint density at radius 1 is 1.04 bits per heavy atom. The molecule has 1 saturated carbocycles. The summed E-state index contributed by atoms with van der Waals surface area (Å²) in [6, 6.07) is 4.20. The molecule has 1 aliphatic heterocycles. The highest BCUT2D eigenvalue weighted by Crippen LogP contribution is 2.55. The van der Waals surface area contributed by atoms with E-state index in [-0.39, 0.29) is 41.2 Å². The van der Waals surface area contributed by atoms with Crippen LogP contribution in [0.15, 0.2) is 35.9 Å². The van der Waals surface area contributed by atoms with Crippen molar-refractivity contribution in [1.82, 2.24) is 0 Å². The SMILES string of the molecule is CC1=C[C@@H]2C[C@@H]1[C@H]1C(=O)N(c3ccc(C(F)(F)F)cc3)C(=O)[C@@H]12. The lowest BCUT2D eigenvalue weighted by Gasteiger charge is -2.19. The summed E-state index contributed by atoms with van der Waals surface area (Å²) in [6.45, 7) is 1.97. The number of carbonyl (C=O) groups is 2. The maximum atomic E-state index is 12.7. The van der Waals surface area contributed by atoms with Gasteiger partial charge in [0.25, 0.3) is 0 Å². The maximum Gasteiger partial charge on any atom is 0.416 e. The summed E-state index contributed by atoms with van der Waals surface area (Å²) in [5, 5.41) is 0. The van der Waals surface area contributed by atoms with Crippen LogP contribution in [0.4, 0.5) is 18.9 Å². The third kappa shape index (κ3) is 1.90. The largest absolute Gasteiger partial charge is 0.416 e. The first-order valence-electron chi connectivity index (χ1n) is 7.52. The molecule has 2 fully saturated rings. The zero-order chi connectivity index (χ0) is 16.5. The van der Waals surface area contributed by atoms with Crippen molar-refractivity contribution in [3.05, 3.63) is 41.5 Å². The van der Waals surface area contributed by atoms with E-state index < -0.39 is 11.7 Å². The van der Waals surface area contributed by atoms with E-state index in [0.717, 1.165) is 29.0 Å². The van der Waals surface area contributed by atoms with Crippen LogP contribution in [0, 0.1) is 23.7 Å². The molecule has 23 heavy (non-hydrogen) atoms. The van der Waals surface area contributed by atoms with Crippen LogP contribution < -0.4 is 4.90 Å². The minimum Gasteiger partial charge on any atom is -0.274 e. The Morgan fingerprint density at radius 2 is 1.65 bits per heavy atom. The van der Waals surface area contributed by atoms with E-state index in [0.29, 0.717) is 0 Å². The van der Waals surface area contributed by atoms with Gasteiger partial charge in [-0.15, -0.1) is 0 Å². The van der Waals surface area contributed by atoms with E-state index in [2.05, 4.69) is 6.08 Å². The summed E-state index contributed by atoms with van der Waals surface area (Å²) in [7, 11) is 0. The van der Waals surface area contributed by atoms with E-state index in [1.165, 1.54) is 12.1 Å². The summed E-state index contributed by atoms with van der Waals surface area (Å²) >= 11 is 0. The fourth-order valence-corrected chi connectivity index (χ4v) is 4.33. The summed E-state index contributed by atoms with van der Waals surface area (Å²) in [6.07, 6.45) is -1.54. The van der Waals surface area contributed by atoms with E-state index in [4.69, 9.17) is 0 Å². The Kier molecular flexibility index (Phi) is 2.81. The highest BCUT2D eigenvalue weighted by atomic mass is 19.4. The first-order valence-corrected chi connectivity index (χ1v) is 7.52. The predicted octanol–water partition coefficient (Wildman–Crippen LogP) is 3.41. The molecule has 1 aromatic rings. The van der Waals surface area contributed by atoms with Gasteiger partial charge in [0.1, 0.15) is 0 Å². The minimum atomic E-state index is -4.44. The number of allylic oxidation sites excluding steroid dienone is 2. The second-order valence-electron chi connectivity index (χ2n) is 6.52. The van der Waals surface area contributed by atoms with Gasteiger partial charge < -0.3 is 0 Å². The van der Waals surface area contributed by atoms with Crippen molar-refractivity contribution in [1.29, 1.82) is 0 Å². The van der Waals surface area contributed by atoms with Gasteiger partial charge in [0, 0.05) is 0 Å². The van der Waals surface area contributed by atoms with Crippen LogP contribution in [0.1, 0.15) is 18.9 Å². The number of hydrogen-bond acceptors (Lipinski definition) is 2. The molecule has 1 aromatic carbocycles. The fourth-order valence-electron chi connectivity index (χ4n) is 4.33. The Balaban J connectivity index is 1.67. The molecule has 0 spiro atoms.